The van der Waals surface area contributed by atoms with E-state index in [4.69, 9.17) is 4.74 Å². The molecule has 0 radical (unpaired) electrons. The standard InChI is InChI=1S/C11H12O3/c1-13-8-7-9-5-3-4-6-10(9)11(12)14-2/h3-8H,1-2H3/b8-7+. The Hall–Kier alpha value is -1.77. The van der Waals surface area contributed by atoms with Crippen LogP contribution in [0.15, 0.2) is 30.5 Å². The molecule has 0 unspecified atom stereocenters. The van der Waals surface area contributed by atoms with Crippen molar-refractivity contribution in [2.75, 3.05) is 14.2 Å². The zero-order valence-electron chi connectivity index (χ0n) is 8.19. The topological polar surface area (TPSA) is 35.5 Å². The summed E-state index contributed by atoms with van der Waals surface area (Å²) in [6.45, 7) is 0. The summed E-state index contributed by atoms with van der Waals surface area (Å²) >= 11 is 0. The summed E-state index contributed by atoms with van der Waals surface area (Å²) in [5.41, 5.74) is 1.31. The lowest BCUT2D eigenvalue weighted by molar-refractivity contribution is 0.0600. The number of hydrogen-bond donors (Lipinski definition) is 0. The largest absolute Gasteiger partial charge is 0.504 e. The Balaban J connectivity index is 3.03. The quantitative estimate of drug-likeness (QED) is 0.543. The molecule has 0 bridgehead atoms. The molecular formula is C11H12O3. The summed E-state index contributed by atoms with van der Waals surface area (Å²) in [5, 5.41) is 0. The highest BCUT2D eigenvalue weighted by Crippen LogP contribution is 2.11. The SMILES string of the molecule is CO/C=C/c1ccccc1C(=O)OC. The lowest BCUT2D eigenvalue weighted by Gasteiger charge is -2.02. The van der Waals surface area contributed by atoms with Gasteiger partial charge in [-0.05, 0) is 17.7 Å². The first-order valence-electron chi connectivity index (χ1n) is 4.16. The molecule has 0 amide bonds. The molecule has 0 spiro atoms. The van der Waals surface area contributed by atoms with Crippen LogP contribution in [0, 0.1) is 0 Å². The number of esters is 1. The maximum atomic E-state index is 11.3. The van der Waals surface area contributed by atoms with Crippen LogP contribution in [0.1, 0.15) is 15.9 Å². The van der Waals surface area contributed by atoms with E-state index in [1.165, 1.54) is 13.4 Å². The fourth-order valence-corrected chi connectivity index (χ4v) is 1.08. The Bertz CT molecular complexity index is 342. The first-order valence-corrected chi connectivity index (χ1v) is 4.16. The monoisotopic (exact) mass is 192 g/mol. The number of rotatable bonds is 3. The molecule has 0 atom stereocenters. The summed E-state index contributed by atoms with van der Waals surface area (Å²) in [5.74, 6) is -0.346. The van der Waals surface area contributed by atoms with Crippen LogP contribution in [0.25, 0.3) is 6.08 Å². The van der Waals surface area contributed by atoms with Gasteiger partial charge in [-0.1, -0.05) is 18.2 Å². The van der Waals surface area contributed by atoms with Crippen LogP contribution in [0.2, 0.25) is 0 Å². The average Bonchev–Trinajstić information content (AvgIpc) is 2.25. The summed E-state index contributed by atoms with van der Waals surface area (Å²) in [7, 11) is 2.91. The lowest BCUT2D eigenvalue weighted by Crippen LogP contribution is -2.03. The van der Waals surface area contributed by atoms with Crippen molar-refractivity contribution in [3.05, 3.63) is 41.7 Å². The van der Waals surface area contributed by atoms with Gasteiger partial charge in [0.25, 0.3) is 0 Å². The van der Waals surface area contributed by atoms with Crippen molar-refractivity contribution in [3.8, 4) is 0 Å². The maximum Gasteiger partial charge on any atom is 0.338 e. The zero-order chi connectivity index (χ0) is 10.4. The third-order valence-electron chi connectivity index (χ3n) is 1.75. The molecule has 1 aromatic carbocycles. The molecule has 0 fully saturated rings. The van der Waals surface area contributed by atoms with Crippen molar-refractivity contribution >= 4 is 12.0 Å². The fourth-order valence-electron chi connectivity index (χ4n) is 1.08. The van der Waals surface area contributed by atoms with E-state index in [-0.39, 0.29) is 5.97 Å². The Labute approximate surface area is 83.0 Å². The Morgan fingerprint density at radius 2 is 2.00 bits per heavy atom. The van der Waals surface area contributed by atoms with Crippen LogP contribution >= 0.6 is 0 Å². The second kappa shape index (κ2) is 5.07. The normalized spacial score (nSPS) is 10.1. The molecule has 0 aliphatic heterocycles. The molecule has 0 heterocycles. The molecule has 74 valence electrons. The van der Waals surface area contributed by atoms with Crippen LogP contribution in [0.5, 0.6) is 0 Å². The Morgan fingerprint density at radius 3 is 2.64 bits per heavy atom. The lowest BCUT2D eigenvalue weighted by atomic mass is 10.1. The second-order valence-corrected chi connectivity index (χ2v) is 2.62. The van der Waals surface area contributed by atoms with Gasteiger partial charge in [-0.25, -0.2) is 4.79 Å². The van der Waals surface area contributed by atoms with E-state index in [2.05, 4.69) is 4.74 Å². The molecule has 0 aliphatic rings. The number of hydrogen-bond acceptors (Lipinski definition) is 3. The van der Waals surface area contributed by atoms with Gasteiger partial charge in [0.1, 0.15) is 0 Å². The average molecular weight is 192 g/mol. The van der Waals surface area contributed by atoms with Crippen molar-refractivity contribution in [2.24, 2.45) is 0 Å². The van der Waals surface area contributed by atoms with Gasteiger partial charge in [0.15, 0.2) is 0 Å². The van der Waals surface area contributed by atoms with E-state index in [0.29, 0.717) is 5.56 Å². The summed E-state index contributed by atoms with van der Waals surface area (Å²) in [6.07, 6.45) is 3.23. The van der Waals surface area contributed by atoms with Crippen LogP contribution in [-0.4, -0.2) is 20.2 Å². The first-order chi connectivity index (χ1) is 6.79. The molecule has 1 aromatic rings. The molecule has 0 aliphatic carbocycles. The highest BCUT2D eigenvalue weighted by atomic mass is 16.5. The minimum absolute atomic E-state index is 0.346. The van der Waals surface area contributed by atoms with E-state index >= 15 is 0 Å². The first kappa shape index (κ1) is 10.3. The number of methoxy groups -OCH3 is 2. The predicted molar refractivity (Wildman–Crippen MR) is 53.8 cm³/mol. The van der Waals surface area contributed by atoms with Gasteiger partial charge in [0, 0.05) is 0 Å². The van der Waals surface area contributed by atoms with Crippen molar-refractivity contribution in [3.63, 3.8) is 0 Å². The smallest absolute Gasteiger partial charge is 0.338 e. The van der Waals surface area contributed by atoms with Crippen LogP contribution in [0.3, 0.4) is 0 Å². The van der Waals surface area contributed by atoms with Crippen LogP contribution in [-0.2, 0) is 9.47 Å². The van der Waals surface area contributed by atoms with Gasteiger partial charge in [-0.15, -0.1) is 0 Å². The molecule has 3 heteroatoms. The van der Waals surface area contributed by atoms with E-state index in [1.54, 1.807) is 25.3 Å². The van der Waals surface area contributed by atoms with Gasteiger partial charge in [0.05, 0.1) is 26.0 Å². The fraction of sp³-hybridized carbons (Fsp3) is 0.182. The van der Waals surface area contributed by atoms with E-state index in [0.717, 1.165) is 5.56 Å². The molecule has 3 nitrogen and oxygen atoms in total. The third kappa shape index (κ3) is 2.36. The van der Waals surface area contributed by atoms with Crippen LogP contribution < -0.4 is 0 Å². The van der Waals surface area contributed by atoms with Gasteiger partial charge in [-0.2, -0.15) is 0 Å². The number of carbonyl (C=O) groups excluding carboxylic acids is 1. The molecule has 0 N–H and O–H groups in total. The van der Waals surface area contributed by atoms with E-state index in [1.807, 2.05) is 12.1 Å². The molecule has 0 saturated heterocycles. The third-order valence-corrected chi connectivity index (χ3v) is 1.75. The number of ether oxygens (including phenoxy) is 2. The zero-order valence-corrected chi connectivity index (χ0v) is 8.19. The summed E-state index contributed by atoms with van der Waals surface area (Å²) in [4.78, 5) is 11.3. The van der Waals surface area contributed by atoms with E-state index < -0.39 is 0 Å². The van der Waals surface area contributed by atoms with Crippen LogP contribution in [0.4, 0.5) is 0 Å². The Morgan fingerprint density at radius 1 is 1.29 bits per heavy atom. The van der Waals surface area contributed by atoms with Crippen molar-refractivity contribution < 1.29 is 14.3 Å². The van der Waals surface area contributed by atoms with Crippen molar-refractivity contribution in [2.45, 2.75) is 0 Å². The highest BCUT2D eigenvalue weighted by Gasteiger charge is 2.07. The summed E-state index contributed by atoms with van der Waals surface area (Å²) < 4.78 is 9.42. The molecule has 1 rings (SSSR count). The minimum atomic E-state index is -0.346. The molecule has 14 heavy (non-hydrogen) atoms. The number of carbonyl (C=O) groups is 1. The van der Waals surface area contributed by atoms with Gasteiger partial charge in [-0.3, -0.25) is 0 Å². The van der Waals surface area contributed by atoms with Crippen molar-refractivity contribution in [1.29, 1.82) is 0 Å². The molecule has 0 aromatic heterocycles. The van der Waals surface area contributed by atoms with Gasteiger partial charge in [0.2, 0.25) is 0 Å². The molecule has 0 saturated carbocycles. The number of benzene rings is 1. The van der Waals surface area contributed by atoms with Gasteiger partial charge < -0.3 is 9.47 Å². The van der Waals surface area contributed by atoms with E-state index in [9.17, 15) is 4.79 Å². The maximum absolute atomic E-state index is 11.3. The summed E-state index contributed by atoms with van der Waals surface area (Å²) in [6, 6.07) is 7.17. The molecular weight excluding hydrogens is 180 g/mol. The predicted octanol–water partition coefficient (Wildman–Crippen LogP) is 2.09. The minimum Gasteiger partial charge on any atom is -0.504 e. The highest BCUT2D eigenvalue weighted by molar-refractivity contribution is 5.93. The second-order valence-electron chi connectivity index (χ2n) is 2.62. The van der Waals surface area contributed by atoms with Crippen molar-refractivity contribution in [1.82, 2.24) is 0 Å². The Kier molecular flexibility index (Phi) is 3.73. The van der Waals surface area contributed by atoms with Gasteiger partial charge >= 0.3 is 5.97 Å².